The summed E-state index contributed by atoms with van der Waals surface area (Å²) in [5.74, 6) is -1.52. The van der Waals surface area contributed by atoms with Gasteiger partial charge in [-0.3, -0.25) is 0 Å². The summed E-state index contributed by atoms with van der Waals surface area (Å²) >= 11 is 0. The van der Waals surface area contributed by atoms with E-state index in [1.807, 2.05) is 0 Å². The Morgan fingerprint density at radius 1 is 1.08 bits per heavy atom. The summed E-state index contributed by atoms with van der Waals surface area (Å²) in [6, 6.07) is 2.73. The standard InChI is InChI=1S/C9H6F4/c10-7-3-6(1-2-9(12)13)4-8(11)5-7/h2-5H,1H2. The molecule has 1 rings (SSSR count). The van der Waals surface area contributed by atoms with Crippen LogP contribution in [0, 0.1) is 11.6 Å². The summed E-state index contributed by atoms with van der Waals surface area (Å²) in [6.45, 7) is 0. The fraction of sp³-hybridized carbons (Fsp3) is 0.111. The second-order valence-corrected chi connectivity index (χ2v) is 2.48. The first-order chi connectivity index (χ1) is 6.08. The minimum Gasteiger partial charge on any atom is -0.207 e. The topological polar surface area (TPSA) is 0 Å². The molecule has 0 fully saturated rings. The van der Waals surface area contributed by atoms with Gasteiger partial charge in [-0.25, -0.2) is 8.78 Å². The molecule has 0 amide bonds. The third-order valence-electron chi connectivity index (χ3n) is 1.41. The zero-order valence-corrected chi connectivity index (χ0v) is 6.53. The first-order valence-electron chi connectivity index (χ1n) is 3.54. The maximum atomic E-state index is 12.5. The van der Waals surface area contributed by atoms with Crippen molar-refractivity contribution in [3.05, 3.63) is 47.6 Å². The Balaban J connectivity index is 2.83. The molecular formula is C9H6F4. The third-order valence-corrected chi connectivity index (χ3v) is 1.41. The van der Waals surface area contributed by atoms with Gasteiger partial charge in [0.2, 0.25) is 0 Å². The van der Waals surface area contributed by atoms with Crippen molar-refractivity contribution in [2.45, 2.75) is 6.42 Å². The van der Waals surface area contributed by atoms with E-state index >= 15 is 0 Å². The molecule has 0 spiro atoms. The summed E-state index contributed by atoms with van der Waals surface area (Å²) < 4.78 is 48.2. The highest BCUT2D eigenvalue weighted by Gasteiger charge is 1.99. The first-order valence-corrected chi connectivity index (χ1v) is 3.54. The van der Waals surface area contributed by atoms with Gasteiger partial charge in [0, 0.05) is 6.07 Å². The molecule has 13 heavy (non-hydrogen) atoms. The minimum absolute atomic E-state index is 0.170. The lowest BCUT2D eigenvalue weighted by Gasteiger charge is -1.96. The Kier molecular flexibility index (Phi) is 3.06. The summed E-state index contributed by atoms with van der Waals surface area (Å²) in [4.78, 5) is 0. The maximum absolute atomic E-state index is 12.5. The smallest absolute Gasteiger partial charge is 0.207 e. The third kappa shape index (κ3) is 3.27. The van der Waals surface area contributed by atoms with E-state index in [-0.39, 0.29) is 12.0 Å². The van der Waals surface area contributed by atoms with Gasteiger partial charge in [-0.2, -0.15) is 8.78 Å². The summed E-state index contributed by atoms with van der Waals surface area (Å²) in [7, 11) is 0. The molecule has 0 unspecified atom stereocenters. The van der Waals surface area contributed by atoms with Gasteiger partial charge in [-0.1, -0.05) is 0 Å². The first kappa shape index (κ1) is 9.77. The van der Waals surface area contributed by atoms with E-state index in [1.165, 1.54) is 0 Å². The van der Waals surface area contributed by atoms with Crippen LogP contribution in [0.1, 0.15) is 5.56 Å². The normalized spacial score (nSPS) is 9.85. The van der Waals surface area contributed by atoms with Gasteiger partial charge in [0.25, 0.3) is 6.08 Å². The molecule has 0 aliphatic heterocycles. The van der Waals surface area contributed by atoms with Crippen molar-refractivity contribution in [1.29, 1.82) is 0 Å². The molecule has 0 atom stereocenters. The van der Waals surface area contributed by atoms with Gasteiger partial charge in [-0.15, -0.1) is 0 Å². The fourth-order valence-electron chi connectivity index (χ4n) is 0.924. The second kappa shape index (κ2) is 4.07. The van der Waals surface area contributed by atoms with Gasteiger partial charge in [0.05, 0.1) is 0 Å². The molecule has 1 aromatic rings. The maximum Gasteiger partial charge on any atom is 0.266 e. The van der Waals surface area contributed by atoms with Crippen molar-refractivity contribution >= 4 is 0 Å². The van der Waals surface area contributed by atoms with Crippen LogP contribution in [0.3, 0.4) is 0 Å². The van der Waals surface area contributed by atoms with Crippen molar-refractivity contribution < 1.29 is 17.6 Å². The van der Waals surface area contributed by atoms with Gasteiger partial charge < -0.3 is 0 Å². The highest BCUT2D eigenvalue weighted by molar-refractivity contribution is 5.20. The molecule has 0 aromatic heterocycles. The molecule has 0 saturated carbocycles. The molecule has 0 bridgehead atoms. The quantitative estimate of drug-likeness (QED) is 0.627. The number of halogens is 4. The van der Waals surface area contributed by atoms with Gasteiger partial charge >= 0.3 is 0 Å². The van der Waals surface area contributed by atoms with Crippen LogP contribution in [0.5, 0.6) is 0 Å². The Morgan fingerprint density at radius 3 is 2.08 bits per heavy atom. The molecular weight excluding hydrogens is 184 g/mol. The van der Waals surface area contributed by atoms with Crippen LogP contribution in [0.2, 0.25) is 0 Å². The Labute approximate surface area is 72.5 Å². The van der Waals surface area contributed by atoms with Crippen LogP contribution in [0.25, 0.3) is 0 Å². The van der Waals surface area contributed by atoms with Crippen LogP contribution in [-0.4, -0.2) is 0 Å². The van der Waals surface area contributed by atoms with E-state index in [2.05, 4.69) is 0 Å². The molecule has 0 N–H and O–H groups in total. The molecule has 1 aromatic carbocycles. The molecule has 0 aliphatic carbocycles. The number of benzene rings is 1. The van der Waals surface area contributed by atoms with E-state index in [9.17, 15) is 17.6 Å². The van der Waals surface area contributed by atoms with Crippen molar-refractivity contribution in [3.63, 3.8) is 0 Å². The SMILES string of the molecule is FC(F)=CCc1cc(F)cc(F)c1. The Hall–Kier alpha value is -1.32. The summed E-state index contributed by atoms with van der Waals surface area (Å²) in [5, 5.41) is 0. The summed E-state index contributed by atoms with van der Waals surface area (Å²) in [6.07, 6.45) is -1.42. The van der Waals surface area contributed by atoms with Crippen LogP contribution < -0.4 is 0 Å². The Morgan fingerprint density at radius 2 is 1.62 bits per heavy atom. The summed E-state index contributed by atoms with van der Waals surface area (Å²) in [5.41, 5.74) is 0.185. The van der Waals surface area contributed by atoms with E-state index in [0.29, 0.717) is 12.1 Å². The average Bonchev–Trinajstić information content (AvgIpc) is 1.99. The second-order valence-electron chi connectivity index (χ2n) is 2.48. The van der Waals surface area contributed by atoms with Crippen LogP contribution >= 0.6 is 0 Å². The predicted molar refractivity (Wildman–Crippen MR) is 40.4 cm³/mol. The molecule has 4 heteroatoms. The average molecular weight is 190 g/mol. The zero-order chi connectivity index (χ0) is 9.84. The largest absolute Gasteiger partial charge is 0.266 e. The molecule has 70 valence electrons. The lowest BCUT2D eigenvalue weighted by atomic mass is 10.1. The molecule has 0 saturated heterocycles. The zero-order valence-electron chi connectivity index (χ0n) is 6.53. The Bertz CT molecular complexity index is 306. The van der Waals surface area contributed by atoms with Crippen molar-refractivity contribution in [1.82, 2.24) is 0 Å². The number of rotatable bonds is 2. The van der Waals surface area contributed by atoms with Gasteiger partial charge in [-0.05, 0) is 30.2 Å². The van der Waals surface area contributed by atoms with Crippen molar-refractivity contribution in [3.8, 4) is 0 Å². The number of hydrogen-bond acceptors (Lipinski definition) is 0. The molecule has 0 nitrogen and oxygen atoms in total. The van der Waals surface area contributed by atoms with Crippen LogP contribution in [-0.2, 0) is 6.42 Å². The van der Waals surface area contributed by atoms with Crippen LogP contribution in [0.4, 0.5) is 17.6 Å². The predicted octanol–water partition coefficient (Wildman–Crippen LogP) is 3.29. The van der Waals surface area contributed by atoms with E-state index < -0.39 is 17.7 Å². The molecule has 0 aliphatic rings. The lowest BCUT2D eigenvalue weighted by molar-refractivity contribution is 0.418. The monoisotopic (exact) mass is 190 g/mol. The van der Waals surface area contributed by atoms with E-state index in [1.54, 1.807) is 0 Å². The number of hydrogen-bond donors (Lipinski definition) is 0. The van der Waals surface area contributed by atoms with Crippen molar-refractivity contribution in [2.24, 2.45) is 0 Å². The van der Waals surface area contributed by atoms with E-state index in [4.69, 9.17) is 0 Å². The highest BCUT2D eigenvalue weighted by atomic mass is 19.3. The van der Waals surface area contributed by atoms with Crippen molar-refractivity contribution in [2.75, 3.05) is 0 Å². The highest BCUT2D eigenvalue weighted by Crippen LogP contribution is 2.10. The molecule has 0 heterocycles. The van der Waals surface area contributed by atoms with Gasteiger partial charge in [0.1, 0.15) is 11.6 Å². The van der Waals surface area contributed by atoms with Gasteiger partial charge in [0.15, 0.2) is 0 Å². The minimum atomic E-state index is -1.86. The fourth-order valence-corrected chi connectivity index (χ4v) is 0.924. The van der Waals surface area contributed by atoms with Crippen LogP contribution in [0.15, 0.2) is 30.4 Å². The van der Waals surface area contributed by atoms with E-state index in [0.717, 1.165) is 12.1 Å². The number of allylic oxidation sites excluding steroid dienone is 1. The molecule has 0 radical (unpaired) electrons. The lowest BCUT2D eigenvalue weighted by Crippen LogP contribution is -1.86.